The SMILES string of the molecule is C=C(CN)c1cccc(Cl)c1. The molecule has 0 saturated carbocycles. The molecular formula is C9H10ClN. The van der Waals surface area contributed by atoms with Gasteiger partial charge < -0.3 is 5.73 Å². The van der Waals surface area contributed by atoms with Crippen molar-refractivity contribution in [1.29, 1.82) is 0 Å². The largest absolute Gasteiger partial charge is 0.326 e. The Morgan fingerprint density at radius 3 is 2.82 bits per heavy atom. The molecule has 0 aliphatic heterocycles. The molecule has 0 spiro atoms. The van der Waals surface area contributed by atoms with Crippen LogP contribution in [-0.2, 0) is 0 Å². The van der Waals surface area contributed by atoms with Gasteiger partial charge in [0.1, 0.15) is 0 Å². The second-order valence-electron chi connectivity index (χ2n) is 2.32. The van der Waals surface area contributed by atoms with E-state index in [9.17, 15) is 0 Å². The predicted molar refractivity (Wildman–Crippen MR) is 49.5 cm³/mol. The van der Waals surface area contributed by atoms with Crippen molar-refractivity contribution in [2.45, 2.75) is 0 Å². The summed E-state index contributed by atoms with van der Waals surface area (Å²) in [4.78, 5) is 0. The molecule has 0 heterocycles. The van der Waals surface area contributed by atoms with Gasteiger partial charge in [0.05, 0.1) is 0 Å². The van der Waals surface area contributed by atoms with Crippen LogP contribution >= 0.6 is 11.6 Å². The molecule has 0 fully saturated rings. The van der Waals surface area contributed by atoms with Gasteiger partial charge in [0.25, 0.3) is 0 Å². The fraction of sp³-hybridized carbons (Fsp3) is 0.111. The summed E-state index contributed by atoms with van der Waals surface area (Å²) < 4.78 is 0. The third kappa shape index (κ3) is 2.07. The first kappa shape index (κ1) is 8.31. The lowest BCUT2D eigenvalue weighted by Gasteiger charge is -2.01. The van der Waals surface area contributed by atoms with Crippen molar-refractivity contribution < 1.29 is 0 Å². The third-order valence-corrected chi connectivity index (χ3v) is 1.71. The van der Waals surface area contributed by atoms with E-state index in [1.165, 1.54) is 0 Å². The van der Waals surface area contributed by atoms with Crippen LogP contribution in [0, 0.1) is 0 Å². The zero-order chi connectivity index (χ0) is 8.27. The van der Waals surface area contributed by atoms with E-state index in [4.69, 9.17) is 17.3 Å². The molecule has 0 unspecified atom stereocenters. The molecular weight excluding hydrogens is 158 g/mol. The van der Waals surface area contributed by atoms with Crippen molar-refractivity contribution in [2.75, 3.05) is 6.54 Å². The van der Waals surface area contributed by atoms with Crippen LogP contribution in [-0.4, -0.2) is 6.54 Å². The lowest BCUT2D eigenvalue weighted by atomic mass is 10.1. The average molecular weight is 168 g/mol. The standard InChI is InChI=1S/C9H10ClN/c1-7(6-11)8-3-2-4-9(10)5-8/h2-5H,1,6,11H2. The Hall–Kier alpha value is -0.790. The number of hydrogen-bond donors (Lipinski definition) is 1. The zero-order valence-corrected chi connectivity index (χ0v) is 6.93. The number of hydrogen-bond acceptors (Lipinski definition) is 1. The zero-order valence-electron chi connectivity index (χ0n) is 6.18. The highest BCUT2D eigenvalue weighted by atomic mass is 35.5. The van der Waals surface area contributed by atoms with Crippen LogP contribution in [0.2, 0.25) is 5.02 Å². The summed E-state index contributed by atoms with van der Waals surface area (Å²) in [5.74, 6) is 0. The minimum atomic E-state index is 0.473. The number of benzene rings is 1. The quantitative estimate of drug-likeness (QED) is 0.719. The number of halogens is 1. The normalized spacial score (nSPS) is 9.64. The Kier molecular flexibility index (Phi) is 2.69. The number of nitrogens with two attached hydrogens (primary N) is 1. The number of rotatable bonds is 2. The van der Waals surface area contributed by atoms with E-state index in [1.807, 2.05) is 24.3 Å². The van der Waals surface area contributed by atoms with Gasteiger partial charge in [-0.1, -0.05) is 30.3 Å². The second-order valence-corrected chi connectivity index (χ2v) is 2.75. The molecule has 0 aliphatic carbocycles. The summed E-state index contributed by atoms with van der Waals surface area (Å²) in [6.07, 6.45) is 0. The molecule has 0 saturated heterocycles. The minimum Gasteiger partial charge on any atom is -0.326 e. The lowest BCUT2D eigenvalue weighted by Crippen LogP contribution is -2.00. The van der Waals surface area contributed by atoms with Crippen LogP contribution in [0.4, 0.5) is 0 Å². The van der Waals surface area contributed by atoms with Crippen LogP contribution in [0.15, 0.2) is 30.8 Å². The van der Waals surface area contributed by atoms with Gasteiger partial charge in [-0.05, 0) is 23.3 Å². The van der Waals surface area contributed by atoms with Gasteiger partial charge in [-0.2, -0.15) is 0 Å². The van der Waals surface area contributed by atoms with Crippen LogP contribution < -0.4 is 5.73 Å². The molecule has 2 N–H and O–H groups in total. The van der Waals surface area contributed by atoms with Gasteiger partial charge in [-0.3, -0.25) is 0 Å². The van der Waals surface area contributed by atoms with Gasteiger partial charge in [-0.15, -0.1) is 0 Å². The maximum atomic E-state index is 5.76. The van der Waals surface area contributed by atoms with Crippen molar-refractivity contribution in [3.8, 4) is 0 Å². The van der Waals surface area contributed by atoms with Gasteiger partial charge in [-0.25, -0.2) is 0 Å². The van der Waals surface area contributed by atoms with Gasteiger partial charge in [0.2, 0.25) is 0 Å². The predicted octanol–water partition coefficient (Wildman–Crippen LogP) is 2.31. The van der Waals surface area contributed by atoms with Crippen LogP contribution in [0.5, 0.6) is 0 Å². The molecule has 0 atom stereocenters. The summed E-state index contributed by atoms with van der Waals surface area (Å²) in [6, 6.07) is 7.52. The first-order valence-electron chi connectivity index (χ1n) is 3.38. The molecule has 2 heteroatoms. The monoisotopic (exact) mass is 167 g/mol. The van der Waals surface area contributed by atoms with E-state index in [1.54, 1.807) is 0 Å². The first-order chi connectivity index (χ1) is 5.24. The van der Waals surface area contributed by atoms with Gasteiger partial charge >= 0.3 is 0 Å². The van der Waals surface area contributed by atoms with Crippen LogP contribution in [0.25, 0.3) is 5.57 Å². The van der Waals surface area contributed by atoms with Crippen molar-refractivity contribution in [1.82, 2.24) is 0 Å². The molecule has 0 aromatic heterocycles. The van der Waals surface area contributed by atoms with E-state index < -0.39 is 0 Å². The molecule has 0 radical (unpaired) electrons. The summed E-state index contributed by atoms with van der Waals surface area (Å²) in [7, 11) is 0. The molecule has 11 heavy (non-hydrogen) atoms. The van der Waals surface area contributed by atoms with Crippen molar-refractivity contribution in [2.24, 2.45) is 5.73 Å². The fourth-order valence-electron chi connectivity index (χ4n) is 0.826. The van der Waals surface area contributed by atoms with Gasteiger partial charge in [0.15, 0.2) is 0 Å². The molecule has 0 bridgehead atoms. The molecule has 1 nitrogen and oxygen atoms in total. The summed E-state index contributed by atoms with van der Waals surface area (Å²) in [5, 5.41) is 0.720. The maximum Gasteiger partial charge on any atom is 0.0412 e. The summed E-state index contributed by atoms with van der Waals surface area (Å²) >= 11 is 5.76. The Morgan fingerprint density at radius 2 is 2.27 bits per heavy atom. The van der Waals surface area contributed by atoms with E-state index in [2.05, 4.69) is 6.58 Å². The topological polar surface area (TPSA) is 26.0 Å². The van der Waals surface area contributed by atoms with E-state index in [-0.39, 0.29) is 0 Å². The molecule has 0 aliphatic rings. The van der Waals surface area contributed by atoms with Crippen molar-refractivity contribution in [3.63, 3.8) is 0 Å². The van der Waals surface area contributed by atoms with Crippen LogP contribution in [0.1, 0.15) is 5.56 Å². The second kappa shape index (κ2) is 3.56. The van der Waals surface area contributed by atoms with Gasteiger partial charge in [0, 0.05) is 11.6 Å². The summed E-state index contributed by atoms with van der Waals surface area (Å²) in [5.41, 5.74) is 7.34. The fourth-order valence-corrected chi connectivity index (χ4v) is 1.02. The first-order valence-corrected chi connectivity index (χ1v) is 3.75. The van der Waals surface area contributed by atoms with E-state index >= 15 is 0 Å². The molecule has 1 aromatic carbocycles. The van der Waals surface area contributed by atoms with Crippen molar-refractivity contribution in [3.05, 3.63) is 41.4 Å². The third-order valence-electron chi connectivity index (χ3n) is 1.48. The Morgan fingerprint density at radius 1 is 1.55 bits per heavy atom. The maximum absolute atomic E-state index is 5.76. The molecule has 1 rings (SSSR count). The van der Waals surface area contributed by atoms with Crippen LogP contribution in [0.3, 0.4) is 0 Å². The molecule has 0 amide bonds. The average Bonchev–Trinajstić information content (AvgIpc) is 2.03. The summed E-state index contributed by atoms with van der Waals surface area (Å²) in [6.45, 7) is 4.27. The Balaban J connectivity index is 2.96. The lowest BCUT2D eigenvalue weighted by molar-refractivity contribution is 1.27. The molecule has 1 aromatic rings. The minimum absolute atomic E-state index is 0.473. The van der Waals surface area contributed by atoms with E-state index in [0.717, 1.165) is 16.2 Å². The molecule has 58 valence electrons. The van der Waals surface area contributed by atoms with E-state index in [0.29, 0.717) is 6.54 Å². The Labute approximate surface area is 71.5 Å². The Bertz CT molecular complexity index is 268. The highest BCUT2D eigenvalue weighted by Gasteiger charge is 1.95. The van der Waals surface area contributed by atoms with Crippen molar-refractivity contribution >= 4 is 17.2 Å². The smallest absolute Gasteiger partial charge is 0.0412 e. The highest BCUT2D eigenvalue weighted by molar-refractivity contribution is 6.30. The highest BCUT2D eigenvalue weighted by Crippen LogP contribution is 2.15.